The summed E-state index contributed by atoms with van der Waals surface area (Å²) in [4.78, 5) is 0. The maximum Gasteiger partial charge on any atom is 0.198 e. The van der Waals surface area contributed by atoms with Gasteiger partial charge in [0.2, 0.25) is 0 Å². The summed E-state index contributed by atoms with van der Waals surface area (Å²) in [5.41, 5.74) is -0.340. The highest BCUT2D eigenvalue weighted by molar-refractivity contribution is 6.23. The van der Waals surface area contributed by atoms with Crippen molar-refractivity contribution in [2.24, 2.45) is 0 Å². The summed E-state index contributed by atoms with van der Waals surface area (Å²) >= 11 is 13.5. The van der Waals surface area contributed by atoms with E-state index < -0.39 is 0 Å². The molecule has 0 amide bonds. The van der Waals surface area contributed by atoms with Crippen molar-refractivity contribution in [2.75, 3.05) is 48.9 Å². The number of halogens is 2. The average Bonchev–Trinajstić information content (AvgIpc) is 2.65. The van der Waals surface area contributed by atoms with Crippen molar-refractivity contribution in [1.82, 2.24) is 0 Å². The minimum atomic E-state index is -0.171. The van der Waals surface area contributed by atoms with E-state index in [4.69, 9.17) is 27.9 Å². The van der Waals surface area contributed by atoms with Gasteiger partial charge in [-0.3, -0.25) is 0 Å². The van der Waals surface area contributed by atoms with Crippen LogP contribution in [0.25, 0.3) is 0 Å². The van der Waals surface area contributed by atoms with E-state index in [2.05, 4.69) is 49.2 Å². The van der Waals surface area contributed by atoms with E-state index in [0.717, 1.165) is 13.0 Å². The predicted octanol–water partition coefficient (Wildman–Crippen LogP) is 7.40. The van der Waals surface area contributed by atoms with Crippen molar-refractivity contribution in [2.45, 2.75) is 114 Å². The summed E-state index contributed by atoms with van der Waals surface area (Å²) in [5, 5.41) is 0. The van der Waals surface area contributed by atoms with Gasteiger partial charge < -0.3 is 13.7 Å². The van der Waals surface area contributed by atoms with Crippen LogP contribution in [0.2, 0.25) is 0 Å². The Kier molecular flexibility index (Phi) is 17.3. The van der Waals surface area contributed by atoms with Crippen LogP contribution < -0.4 is 0 Å². The van der Waals surface area contributed by atoms with Crippen molar-refractivity contribution in [3.63, 3.8) is 0 Å². The molecule has 0 aromatic heterocycles. The summed E-state index contributed by atoms with van der Waals surface area (Å²) in [6, 6.07) is 0. The van der Waals surface area contributed by atoms with Gasteiger partial charge in [-0.25, -0.2) is 0 Å². The first-order valence-corrected chi connectivity index (χ1v) is 13.4. The number of likely N-dealkylation sites (N-methyl/N-ethyl adjacent to an activating group) is 2. The van der Waals surface area contributed by atoms with Crippen LogP contribution in [0.5, 0.6) is 0 Å². The Morgan fingerprint density at radius 1 is 0.533 bits per heavy atom. The van der Waals surface area contributed by atoms with Crippen LogP contribution in [-0.2, 0) is 4.74 Å². The smallest absolute Gasteiger partial charge is 0.198 e. The number of nitrogens with zero attached hydrogens (tertiary/aromatic N) is 2. The maximum absolute atomic E-state index is 6.74. The van der Waals surface area contributed by atoms with Gasteiger partial charge in [0.05, 0.1) is 42.3 Å². The fraction of sp³-hybridized carbons (Fsp3) is 1.00. The summed E-state index contributed by atoms with van der Waals surface area (Å²) in [7, 11) is 12.6. The molecule has 0 fully saturated rings. The predicted molar refractivity (Wildman–Crippen MR) is 135 cm³/mol. The zero-order valence-corrected chi connectivity index (χ0v) is 22.9. The third-order valence-corrected chi connectivity index (χ3v) is 7.50. The van der Waals surface area contributed by atoms with Gasteiger partial charge in [-0.1, -0.05) is 114 Å². The Labute approximate surface area is 199 Å². The normalized spacial score (nSPS) is 15.9. The topological polar surface area (TPSA) is 9.23 Å². The molecule has 2 unspecified atom stereocenters. The molecule has 0 rings (SSSR count). The van der Waals surface area contributed by atoms with Crippen LogP contribution >= 0.6 is 23.2 Å². The summed E-state index contributed by atoms with van der Waals surface area (Å²) in [6.07, 6.45) is 19.0. The van der Waals surface area contributed by atoms with Crippen molar-refractivity contribution in [1.29, 1.82) is 0 Å². The number of alkyl halides is 2. The Morgan fingerprint density at radius 3 is 1.13 bits per heavy atom. The highest BCUT2D eigenvalue weighted by Gasteiger charge is 2.43. The van der Waals surface area contributed by atoms with Crippen molar-refractivity contribution < 1.29 is 13.7 Å². The van der Waals surface area contributed by atoms with Crippen molar-refractivity contribution >= 4 is 23.2 Å². The molecule has 0 saturated carbocycles. The van der Waals surface area contributed by atoms with Gasteiger partial charge in [0, 0.05) is 6.61 Å². The third kappa shape index (κ3) is 15.3. The number of quaternary nitrogens is 2. The second kappa shape index (κ2) is 17.0. The molecule has 0 bridgehead atoms. The van der Waals surface area contributed by atoms with Crippen LogP contribution in [0, 0.1) is 0 Å². The first kappa shape index (κ1) is 30.5. The lowest BCUT2D eigenvalue weighted by Crippen LogP contribution is -2.58. The minimum Gasteiger partial charge on any atom is -0.363 e. The lowest BCUT2D eigenvalue weighted by Gasteiger charge is -2.40. The molecule has 0 aliphatic carbocycles. The van der Waals surface area contributed by atoms with E-state index in [0.29, 0.717) is 8.97 Å². The molecule has 182 valence electrons. The van der Waals surface area contributed by atoms with E-state index in [1.807, 2.05) is 0 Å². The van der Waals surface area contributed by atoms with E-state index >= 15 is 0 Å². The quantitative estimate of drug-likeness (QED) is 0.0781. The Hall–Kier alpha value is 0.460. The molecule has 5 heteroatoms. The van der Waals surface area contributed by atoms with Gasteiger partial charge in [-0.15, -0.1) is 0 Å². The molecule has 0 aromatic carbocycles. The molecule has 0 heterocycles. The van der Waals surface area contributed by atoms with Crippen LogP contribution in [-0.4, -0.2) is 75.0 Å². The van der Waals surface area contributed by atoms with Crippen LogP contribution in [0.4, 0.5) is 0 Å². The first-order chi connectivity index (χ1) is 14.0. The standard InChI is InChI=1S/C25H54Cl2N2O/c1-8-9-10-11-12-13-14-15-16-17-18-19-20-21-22-30-23(24(26)28(2,3)4)25(27)29(5,6)7/h23-25H,8-22H2,1-7H3/q+2. The largest absolute Gasteiger partial charge is 0.363 e. The van der Waals surface area contributed by atoms with Crippen LogP contribution in [0.3, 0.4) is 0 Å². The van der Waals surface area contributed by atoms with Gasteiger partial charge in [0.25, 0.3) is 0 Å². The molecule has 0 spiro atoms. The molecule has 30 heavy (non-hydrogen) atoms. The molecule has 0 radical (unpaired) electrons. The summed E-state index contributed by atoms with van der Waals surface area (Å²) in [6.45, 7) is 3.03. The molecule has 0 N–H and O–H groups in total. The lowest BCUT2D eigenvalue weighted by molar-refractivity contribution is -0.910. The zero-order chi connectivity index (χ0) is 23.0. The van der Waals surface area contributed by atoms with Crippen LogP contribution in [0.15, 0.2) is 0 Å². The maximum atomic E-state index is 6.74. The monoisotopic (exact) mass is 468 g/mol. The number of unbranched alkanes of at least 4 members (excludes halogenated alkanes) is 13. The van der Waals surface area contributed by atoms with Gasteiger partial charge in [0.1, 0.15) is 0 Å². The molecule has 2 atom stereocenters. The number of hydrogen-bond acceptors (Lipinski definition) is 1. The Bertz CT molecular complexity index is 374. The SMILES string of the molecule is CCCCCCCCCCCCCCCCOC(C(Cl)[N+](C)(C)C)C(Cl)[N+](C)(C)C. The second-order valence-corrected chi connectivity index (χ2v) is 11.8. The first-order valence-electron chi connectivity index (χ1n) is 12.5. The Balaban J connectivity index is 3.83. The highest BCUT2D eigenvalue weighted by atomic mass is 35.5. The Morgan fingerprint density at radius 2 is 0.833 bits per heavy atom. The number of ether oxygens (including phenoxy) is 1. The number of hydrogen-bond donors (Lipinski definition) is 0. The van der Waals surface area contributed by atoms with Crippen LogP contribution in [0.1, 0.15) is 96.8 Å². The molecule has 3 nitrogen and oxygen atoms in total. The van der Waals surface area contributed by atoms with Crippen molar-refractivity contribution in [3.8, 4) is 0 Å². The zero-order valence-electron chi connectivity index (χ0n) is 21.4. The van der Waals surface area contributed by atoms with Gasteiger partial charge in [-0.2, -0.15) is 0 Å². The third-order valence-electron chi connectivity index (χ3n) is 5.83. The highest BCUT2D eigenvalue weighted by Crippen LogP contribution is 2.26. The fourth-order valence-electron chi connectivity index (χ4n) is 3.69. The van der Waals surface area contributed by atoms with E-state index in [-0.39, 0.29) is 17.1 Å². The minimum absolute atomic E-state index is 0.170. The lowest BCUT2D eigenvalue weighted by atomic mass is 10.0. The van der Waals surface area contributed by atoms with Crippen molar-refractivity contribution in [3.05, 3.63) is 0 Å². The second-order valence-electron chi connectivity index (χ2n) is 10.9. The molecule has 0 aliphatic rings. The molecular formula is C25H54Cl2N2O+2. The average molecular weight is 470 g/mol. The van der Waals surface area contributed by atoms with Gasteiger partial charge >= 0.3 is 0 Å². The van der Waals surface area contributed by atoms with E-state index in [9.17, 15) is 0 Å². The molecule has 0 aliphatic heterocycles. The van der Waals surface area contributed by atoms with Gasteiger partial charge in [-0.05, 0) is 6.42 Å². The number of rotatable bonds is 20. The fourth-order valence-corrected chi connectivity index (χ4v) is 4.18. The molecule has 0 saturated heterocycles. The van der Waals surface area contributed by atoms with Gasteiger partial charge in [0.15, 0.2) is 17.1 Å². The van der Waals surface area contributed by atoms with E-state index in [1.165, 1.54) is 83.5 Å². The van der Waals surface area contributed by atoms with E-state index in [1.54, 1.807) is 0 Å². The molecule has 0 aromatic rings. The summed E-state index contributed by atoms with van der Waals surface area (Å²) < 4.78 is 7.50. The molecular weight excluding hydrogens is 415 g/mol. The summed E-state index contributed by atoms with van der Waals surface area (Å²) in [5.74, 6) is 0.